The Balaban J connectivity index is 1.60. The summed E-state index contributed by atoms with van der Waals surface area (Å²) in [4.78, 5) is 23.8. The summed E-state index contributed by atoms with van der Waals surface area (Å²) in [6, 6.07) is 13.8. The molecule has 1 amide bonds. The van der Waals surface area contributed by atoms with Crippen molar-refractivity contribution in [3.8, 4) is 5.75 Å². The number of nitrogens with zero attached hydrogens (tertiary/aromatic N) is 2. The van der Waals surface area contributed by atoms with Crippen LogP contribution in [-0.2, 0) is 16.0 Å². The van der Waals surface area contributed by atoms with Gasteiger partial charge in [0.2, 0.25) is 5.91 Å². The number of carbonyl (C=O) groups is 2. The van der Waals surface area contributed by atoms with E-state index in [9.17, 15) is 14.7 Å². The molecule has 1 aliphatic heterocycles. The highest BCUT2D eigenvalue weighted by Crippen LogP contribution is 2.23. The summed E-state index contributed by atoms with van der Waals surface area (Å²) in [5, 5.41) is 20.4. The first kappa shape index (κ1) is 19.6. The van der Waals surface area contributed by atoms with Crippen LogP contribution in [0.2, 0.25) is 0 Å². The van der Waals surface area contributed by atoms with Gasteiger partial charge in [0.15, 0.2) is 5.17 Å². The lowest BCUT2D eigenvalue weighted by atomic mass is 10.1. The molecule has 1 aliphatic rings. The van der Waals surface area contributed by atoms with Gasteiger partial charge in [-0.15, -0.1) is 5.10 Å². The summed E-state index contributed by atoms with van der Waals surface area (Å²) in [5.74, 6) is -0.395. The average molecular weight is 397 g/mol. The molecule has 1 heterocycles. The first-order chi connectivity index (χ1) is 13.6. The number of rotatable bonds is 6. The van der Waals surface area contributed by atoms with Gasteiger partial charge < -0.3 is 15.2 Å². The highest BCUT2D eigenvalue weighted by molar-refractivity contribution is 8.15. The monoisotopic (exact) mass is 397 g/mol. The molecule has 144 valence electrons. The number of amides is 1. The molecule has 2 N–H and O–H groups in total. The van der Waals surface area contributed by atoms with Gasteiger partial charge in [0, 0.05) is 5.56 Å². The van der Waals surface area contributed by atoms with Crippen LogP contribution in [0.1, 0.15) is 28.4 Å². The SMILES string of the molecule is CCOC(=O)c1ccc(C[C@@H]2S/C(=N/N=C/c3ccccc3O)NC2=O)cc1. The van der Waals surface area contributed by atoms with Gasteiger partial charge in [-0.3, -0.25) is 4.79 Å². The standard InChI is InChI=1S/C20H19N3O4S/c1-2-27-19(26)14-9-7-13(8-10-14)11-17-18(25)22-20(28-17)23-21-12-15-5-3-4-6-16(15)24/h3-10,12,17,24H,2,11H2,1H3,(H,22,23,25)/b21-12+/t17-/m0/s1. The van der Waals surface area contributed by atoms with Crippen LogP contribution >= 0.6 is 11.8 Å². The van der Waals surface area contributed by atoms with Crippen molar-refractivity contribution >= 4 is 35.0 Å². The Bertz CT molecular complexity index is 925. The molecule has 0 aliphatic carbocycles. The van der Waals surface area contributed by atoms with Crippen molar-refractivity contribution in [3.63, 3.8) is 0 Å². The number of hydrogen-bond donors (Lipinski definition) is 2. The normalized spacial score (nSPS) is 17.8. The zero-order valence-electron chi connectivity index (χ0n) is 15.2. The van der Waals surface area contributed by atoms with Gasteiger partial charge in [-0.1, -0.05) is 36.0 Å². The second-order valence-corrected chi connectivity index (χ2v) is 7.12. The maximum absolute atomic E-state index is 12.2. The molecule has 0 bridgehead atoms. The third kappa shape index (κ3) is 4.98. The van der Waals surface area contributed by atoms with Crippen LogP contribution < -0.4 is 5.32 Å². The summed E-state index contributed by atoms with van der Waals surface area (Å²) in [6.45, 7) is 2.09. The first-order valence-electron chi connectivity index (χ1n) is 8.69. The van der Waals surface area contributed by atoms with E-state index in [0.29, 0.717) is 29.3 Å². The minimum absolute atomic E-state index is 0.110. The summed E-state index contributed by atoms with van der Waals surface area (Å²) in [7, 11) is 0. The largest absolute Gasteiger partial charge is 0.507 e. The second kappa shape index (κ2) is 9.18. The summed E-state index contributed by atoms with van der Waals surface area (Å²) < 4.78 is 4.96. The van der Waals surface area contributed by atoms with Gasteiger partial charge in [0.05, 0.1) is 23.6 Å². The maximum Gasteiger partial charge on any atom is 0.338 e. The van der Waals surface area contributed by atoms with Crippen molar-refractivity contribution in [1.82, 2.24) is 5.32 Å². The van der Waals surface area contributed by atoms with Crippen molar-refractivity contribution in [2.24, 2.45) is 10.2 Å². The molecule has 0 spiro atoms. The van der Waals surface area contributed by atoms with Crippen molar-refractivity contribution in [2.45, 2.75) is 18.6 Å². The molecule has 0 aromatic heterocycles. The molecule has 1 atom stereocenters. The Hall–Kier alpha value is -3.13. The van der Waals surface area contributed by atoms with Crippen LogP contribution in [0.4, 0.5) is 0 Å². The number of hydrogen-bond acceptors (Lipinski definition) is 7. The lowest BCUT2D eigenvalue weighted by Crippen LogP contribution is -2.25. The van der Waals surface area contributed by atoms with Crippen LogP contribution in [0.5, 0.6) is 5.75 Å². The number of ether oxygens (including phenoxy) is 1. The predicted molar refractivity (Wildman–Crippen MR) is 109 cm³/mol. The quantitative estimate of drug-likeness (QED) is 0.443. The van der Waals surface area contributed by atoms with Crippen LogP contribution in [0.3, 0.4) is 0 Å². The van der Waals surface area contributed by atoms with E-state index in [1.165, 1.54) is 18.0 Å². The van der Waals surface area contributed by atoms with Crippen molar-refractivity contribution in [3.05, 3.63) is 65.2 Å². The number of aromatic hydroxyl groups is 1. The molecule has 0 unspecified atom stereocenters. The Morgan fingerprint density at radius 2 is 2.00 bits per heavy atom. The topological polar surface area (TPSA) is 100 Å². The zero-order valence-corrected chi connectivity index (χ0v) is 16.0. The van der Waals surface area contributed by atoms with E-state index in [1.54, 1.807) is 43.3 Å². The minimum atomic E-state index is -0.362. The molecule has 1 fully saturated rings. The van der Waals surface area contributed by atoms with Crippen LogP contribution in [-0.4, -0.2) is 40.2 Å². The summed E-state index contributed by atoms with van der Waals surface area (Å²) in [5.41, 5.74) is 1.95. The lowest BCUT2D eigenvalue weighted by Gasteiger charge is -2.06. The van der Waals surface area contributed by atoms with E-state index in [1.807, 2.05) is 12.1 Å². The van der Waals surface area contributed by atoms with E-state index in [4.69, 9.17) is 4.74 Å². The number of benzene rings is 2. The molecule has 2 aromatic carbocycles. The fourth-order valence-electron chi connectivity index (χ4n) is 2.53. The molecule has 8 heteroatoms. The molecule has 0 radical (unpaired) electrons. The van der Waals surface area contributed by atoms with E-state index >= 15 is 0 Å². The third-order valence-electron chi connectivity index (χ3n) is 3.94. The van der Waals surface area contributed by atoms with Gasteiger partial charge in [0.1, 0.15) is 5.75 Å². The minimum Gasteiger partial charge on any atom is -0.507 e. The number of phenolic OH excluding ortho intramolecular Hbond substituents is 1. The number of phenols is 1. The zero-order chi connectivity index (χ0) is 19.9. The Morgan fingerprint density at radius 3 is 2.71 bits per heavy atom. The number of thioether (sulfide) groups is 1. The van der Waals surface area contributed by atoms with Gasteiger partial charge in [0.25, 0.3) is 0 Å². The third-order valence-corrected chi connectivity index (χ3v) is 5.02. The Kier molecular flexibility index (Phi) is 6.44. The fourth-order valence-corrected chi connectivity index (χ4v) is 3.50. The van der Waals surface area contributed by atoms with Crippen molar-refractivity contribution in [1.29, 1.82) is 0 Å². The van der Waals surface area contributed by atoms with E-state index in [-0.39, 0.29) is 22.9 Å². The van der Waals surface area contributed by atoms with Crippen LogP contribution in [0.25, 0.3) is 0 Å². The molecule has 1 saturated heterocycles. The molecular formula is C20H19N3O4S. The summed E-state index contributed by atoms with van der Waals surface area (Å²) >= 11 is 1.29. The lowest BCUT2D eigenvalue weighted by molar-refractivity contribution is -0.118. The number of carbonyl (C=O) groups excluding carboxylic acids is 2. The number of amidine groups is 1. The predicted octanol–water partition coefficient (Wildman–Crippen LogP) is 2.73. The second-order valence-electron chi connectivity index (χ2n) is 5.93. The highest BCUT2D eigenvalue weighted by atomic mass is 32.2. The number of esters is 1. The van der Waals surface area contributed by atoms with Gasteiger partial charge in [-0.2, -0.15) is 5.10 Å². The molecule has 28 heavy (non-hydrogen) atoms. The van der Waals surface area contributed by atoms with Crippen LogP contribution in [0.15, 0.2) is 58.7 Å². The average Bonchev–Trinajstić information content (AvgIpc) is 3.03. The fraction of sp³-hybridized carbons (Fsp3) is 0.200. The highest BCUT2D eigenvalue weighted by Gasteiger charge is 2.30. The first-order valence-corrected chi connectivity index (χ1v) is 9.57. The Morgan fingerprint density at radius 1 is 1.25 bits per heavy atom. The van der Waals surface area contributed by atoms with Crippen molar-refractivity contribution < 1.29 is 19.4 Å². The number of para-hydroxylation sites is 1. The van der Waals surface area contributed by atoms with Gasteiger partial charge in [-0.25, -0.2) is 4.79 Å². The number of nitrogens with one attached hydrogen (secondary N) is 1. The molecule has 2 aromatic rings. The molecule has 3 rings (SSSR count). The Labute approximate surface area is 166 Å². The van der Waals surface area contributed by atoms with E-state index < -0.39 is 0 Å². The van der Waals surface area contributed by atoms with E-state index in [2.05, 4.69) is 15.5 Å². The molecule has 0 saturated carbocycles. The van der Waals surface area contributed by atoms with Crippen molar-refractivity contribution in [2.75, 3.05) is 6.61 Å². The molecule has 7 nitrogen and oxygen atoms in total. The molecular weight excluding hydrogens is 378 g/mol. The van der Waals surface area contributed by atoms with E-state index in [0.717, 1.165) is 5.56 Å². The van der Waals surface area contributed by atoms with Crippen LogP contribution in [0, 0.1) is 0 Å². The smallest absolute Gasteiger partial charge is 0.338 e. The summed E-state index contributed by atoms with van der Waals surface area (Å²) in [6.07, 6.45) is 1.93. The van der Waals surface area contributed by atoms with Gasteiger partial charge >= 0.3 is 5.97 Å². The van der Waals surface area contributed by atoms with Gasteiger partial charge in [-0.05, 0) is 43.2 Å². The maximum atomic E-state index is 12.2.